The minimum absolute atomic E-state index is 0.0617. The van der Waals surface area contributed by atoms with Gasteiger partial charge in [-0.2, -0.15) is 0 Å². The molecule has 1 aromatic rings. The predicted octanol–water partition coefficient (Wildman–Crippen LogP) is 2.33. The maximum Gasteiger partial charge on any atom is 0.256 e. The fourth-order valence-corrected chi connectivity index (χ4v) is 2.49. The molecule has 2 heterocycles. The molecular weight excluding hydrogens is 266 g/mol. The van der Waals surface area contributed by atoms with Crippen molar-refractivity contribution in [2.75, 3.05) is 19.9 Å². The van der Waals surface area contributed by atoms with Gasteiger partial charge in [-0.25, -0.2) is 0 Å². The number of carbonyl (C=O) groups is 1. The molecule has 0 saturated carbocycles. The van der Waals surface area contributed by atoms with Crippen LogP contribution in [0.4, 0.5) is 0 Å². The van der Waals surface area contributed by atoms with E-state index in [1.165, 1.54) is 11.3 Å². The van der Waals surface area contributed by atoms with E-state index in [-0.39, 0.29) is 5.91 Å². The Kier molecular flexibility index (Phi) is 3.20. The number of ether oxygens (including phenoxy) is 1. The molecule has 76 valence electrons. The molecule has 0 spiro atoms. The Morgan fingerprint density at radius 3 is 3.07 bits per heavy atom. The molecule has 0 unspecified atom stereocenters. The zero-order chi connectivity index (χ0) is 9.97. The Balaban J connectivity index is 2.07. The first-order valence-electron chi connectivity index (χ1n) is 4.38. The normalized spacial score (nSPS) is 17.1. The zero-order valence-corrected chi connectivity index (χ0v) is 9.94. The first kappa shape index (κ1) is 10.1. The Morgan fingerprint density at radius 1 is 1.64 bits per heavy atom. The molecule has 1 amide bonds. The van der Waals surface area contributed by atoms with Crippen molar-refractivity contribution in [2.45, 2.75) is 6.42 Å². The molecule has 0 radical (unpaired) electrons. The lowest BCUT2D eigenvalue weighted by Gasteiger charge is -2.26. The fourth-order valence-electron chi connectivity index (χ4n) is 1.36. The molecule has 0 aromatic carbocycles. The Bertz CT molecular complexity index is 333. The number of hydrogen-bond acceptors (Lipinski definition) is 3. The lowest BCUT2D eigenvalue weighted by Crippen LogP contribution is -2.37. The third kappa shape index (κ3) is 2.16. The number of halogens is 1. The van der Waals surface area contributed by atoms with Crippen LogP contribution in [0.25, 0.3) is 0 Å². The molecule has 0 atom stereocenters. The van der Waals surface area contributed by atoms with Crippen LogP contribution in [0.3, 0.4) is 0 Å². The second-order valence-electron chi connectivity index (χ2n) is 3.10. The van der Waals surface area contributed by atoms with E-state index >= 15 is 0 Å². The Hall–Kier alpha value is -0.390. The molecule has 1 aliphatic heterocycles. The molecule has 0 bridgehead atoms. The summed E-state index contributed by atoms with van der Waals surface area (Å²) in [4.78, 5) is 13.6. The van der Waals surface area contributed by atoms with Gasteiger partial charge in [-0.05, 0) is 28.4 Å². The van der Waals surface area contributed by atoms with E-state index in [0.29, 0.717) is 6.73 Å². The Morgan fingerprint density at radius 2 is 2.50 bits per heavy atom. The van der Waals surface area contributed by atoms with Crippen molar-refractivity contribution < 1.29 is 9.53 Å². The van der Waals surface area contributed by atoms with Crippen molar-refractivity contribution in [3.8, 4) is 0 Å². The smallest absolute Gasteiger partial charge is 0.256 e. The predicted molar refractivity (Wildman–Crippen MR) is 58.5 cm³/mol. The number of carbonyl (C=O) groups excluding carboxylic acids is 1. The van der Waals surface area contributed by atoms with Gasteiger partial charge in [-0.3, -0.25) is 4.79 Å². The van der Waals surface area contributed by atoms with Crippen LogP contribution in [0.2, 0.25) is 0 Å². The molecule has 3 nitrogen and oxygen atoms in total. The second-order valence-corrected chi connectivity index (χ2v) is 5.39. The number of amides is 1. The lowest BCUT2D eigenvalue weighted by molar-refractivity contribution is -0.00568. The van der Waals surface area contributed by atoms with Crippen LogP contribution >= 0.6 is 27.3 Å². The average molecular weight is 276 g/mol. The molecule has 0 N–H and O–H groups in total. The topological polar surface area (TPSA) is 29.5 Å². The van der Waals surface area contributed by atoms with Gasteiger partial charge in [-0.15, -0.1) is 11.3 Å². The summed E-state index contributed by atoms with van der Waals surface area (Å²) >= 11 is 4.87. The summed E-state index contributed by atoms with van der Waals surface area (Å²) in [6.07, 6.45) is 0.928. The molecule has 5 heteroatoms. The summed E-state index contributed by atoms with van der Waals surface area (Å²) < 4.78 is 6.21. The van der Waals surface area contributed by atoms with Crippen molar-refractivity contribution in [3.05, 3.63) is 20.8 Å². The summed E-state index contributed by atoms with van der Waals surface area (Å²) in [5.41, 5.74) is 0.743. The van der Waals surface area contributed by atoms with Gasteiger partial charge in [0, 0.05) is 11.9 Å². The summed E-state index contributed by atoms with van der Waals surface area (Å²) in [6, 6.07) is 1.85. The molecule has 1 fully saturated rings. The van der Waals surface area contributed by atoms with Crippen molar-refractivity contribution in [1.29, 1.82) is 0 Å². The van der Waals surface area contributed by atoms with E-state index in [4.69, 9.17) is 4.74 Å². The molecule has 1 saturated heterocycles. The maximum absolute atomic E-state index is 11.8. The van der Waals surface area contributed by atoms with Crippen molar-refractivity contribution in [3.63, 3.8) is 0 Å². The Labute approximate surface area is 94.8 Å². The van der Waals surface area contributed by atoms with E-state index in [0.717, 1.165) is 28.9 Å². The van der Waals surface area contributed by atoms with Crippen molar-refractivity contribution in [1.82, 2.24) is 4.90 Å². The van der Waals surface area contributed by atoms with Crippen LogP contribution in [0, 0.1) is 0 Å². The van der Waals surface area contributed by atoms with Gasteiger partial charge in [0.05, 0.1) is 16.0 Å². The monoisotopic (exact) mass is 275 g/mol. The highest BCUT2D eigenvalue weighted by Gasteiger charge is 2.19. The number of rotatable bonds is 1. The van der Waals surface area contributed by atoms with E-state index in [2.05, 4.69) is 15.9 Å². The van der Waals surface area contributed by atoms with Gasteiger partial charge in [0.1, 0.15) is 6.73 Å². The molecule has 14 heavy (non-hydrogen) atoms. The second kappa shape index (κ2) is 4.42. The molecule has 1 aromatic heterocycles. The summed E-state index contributed by atoms with van der Waals surface area (Å²) in [6.45, 7) is 1.98. The van der Waals surface area contributed by atoms with E-state index in [1.54, 1.807) is 4.90 Å². The van der Waals surface area contributed by atoms with Crippen molar-refractivity contribution >= 4 is 33.2 Å². The van der Waals surface area contributed by atoms with Crippen LogP contribution in [0.1, 0.15) is 16.8 Å². The highest BCUT2D eigenvalue weighted by molar-refractivity contribution is 9.11. The van der Waals surface area contributed by atoms with Crippen LogP contribution in [-0.4, -0.2) is 30.7 Å². The minimum Gasteiger partial charge on any atom is -0.361 e. The average Bonchev–Trinajstić information content (AvgIpc) is 2.65. The largest absolute Gasteiger partial charge is 0.361 e. The van der Waals surface area contributed by atoms with Gasteiger partial charge in [0.15, 0.2) is 0 Å². The van der Waals surface area contributed by atoms with Crippen LogP contribution in [-0.2, 0) is 4.74 Å². The van der Waals surface area contributed by atoms with Gasteiger partial charge < -0.3 is 9.64 Å². The van der Waals surface area contributed by atoms with Gasteiger partial charge >= 0.3 is 0 Å². The quantitative estimate of drug-likeness (QED) is 0.788. The van der Waals surface area contributed by atoms with Crippen molar-refractivity contribution in [2.24, 2.45) is 0 Å². The number of nitrogens with zero attached hydrogens (tertiary/aromatic N) is 1. The highest BCUT2D eigenvalue weighted by Crippen LogP contribution is 2.22. The molecule has 2 rings (SSSR count). The van der Waals surface area contributed by atoms with Gasteiger partial charge in [0.2, 0.25) is 0 Å². The summed E-state index contributed by atoms with van der Waals surface area (Å²) in [5.74, 6) is 0.0617. The molecular formula is C9H10BrNO2S. The fraction of sp³-hybridized carbons (Fsp3) is 0.444. The standard InChI is InChI=1S/C9H10BrNO2S/c10-8-4-7(5-14-8)9(12)11-2-1-3-13-6-11/h4-5H,1-3,6H2. The van der Waals surface area contributed by atoms with Gasteiger partial charge in [-0.1, -0.05) is 0 Å². The first-order chi connectivity index (χ1) is 6.77. The van der Waals surface area contributed by atoms with E-state index < -0.39 is 0 Å². The lowest BCUT2D eigenvalue weighted by atomic mass is 10.3. The maximum atomic E-state index is 11.8. The minimum atomic E-state index is 0.0617. The number of thiophene rings is 1. The first-order valence-corrected chi connectivity index (χ1v) is 6.06. The highest BCUT2D eigenvalue weighted by atomic mass is 79.9. The third-order valence-corrected chi connectivity index (χ3v) is 3.57. The van der Waals surface area contributed by atoms with Crippen LogP contribution < -0.4 is 0 Å². The van der Waals surface area contributed by atoms with E-state index in [1.807, 2.05) is 11.4 Å². The van der Waals surface area contributed by atoms with E-state index in [9.17, 15) is 4.79 Å². The SMILES string of the molecule is O=C(c1csc(Br)c1)N1CCCOC1. The summed E-state index contributed by atoms with van der Waals surface area (Å²) in [5, 5.41) is 1.86. The van der Waals surface area contributed by atoms with Crippen LogP contribution in [0.15, 0.2) is 15.2 Å². The number of hydrogen-bond donors (Lipinski definition) is 0. The third-order valence-electron chi connectivity index (χ3n) is 2.07. The molecule has 0 aliphatic carbocycles. The zero-order valence-electron chi connectivity index (χ0n) is 7.53. The molecule has 1 aliphatic rings. The van der Waals surface area contributed by atoms with Gasteiger partial charge in [0.25, 0.3) is 5.91 Å². The summed E-state index contributed by atoms with van der Waals surface area (Å²) in [7, 11) is 0. The van der Waals surface area contributed by atoms with Crippen LogP contribution in [0.5, 0.6) is 0 Å².